The zero-order chi connectivity index (χ0) is 15.4. The molecule has 0 aromatic heterocycles. The minimum atomic E-state index is -3.84. The van der Waals surface area contributed by atoms with Gasteiger partial charge in [-0.3, -0.25) is 0 Å². The molecule has 0 aliphatic rings. The molecule has 0 aliphatic heterocycles. The number of hydrogen-bond donors (Lipinski definition) is 2. The summed E-state index contributed by atoms with van der Waals surface area (Å²) >= 11 is 0. The minimum Gasteiger partial charge on any atom is -0.478 e. The summed E-state index contributed by atoms with van der Waals surface area (Å²) in [5.74, 6) is -1.34. The topological polar surface area (TPSA) is 118 Å². The molecule has 0 atom stereocenters. The molecule has 7 nitrogen and oxygen atoms in total. The van der Waals surface area contributed by atoms with Gasteiger partial charge in [-0.1, -0.05) is 6.07 Å². The molecule has 2 N–H and O–H groups in total. The van der Waals surface area contributed by atoms with Gasteiger partial charge in [0.1, 0.15) is 9.84 Å². The third-order valence-electron chi connectivity index (χ3n) is 2.38. The van der Waals surface area contributed by atoms with Crippen LogP contribution in [0.4, 0.5) is 0 Å². The van der Waals surface area contributed by atoms with E-state index < -0.39 is 25.8 Å². The zero-order valence-corrected chi connectivity index (χ0v) is 12.4. The molecule has 0 aliphatic carbocycles. The van der Waals surface area contributed by atoms with Crippen molar-refractivity contribution in [2.45, 2.75) is 11.3 Å². The number of carboxylic acids is 1. The lowest BCUT2D eigenvalue weighted by molar-refractivity contribution is 0.0696. The first-order chi connectivity index (χ1) is 9.12. The quantitative estimate of drug-likeness (QED) is 0.688. The SMILES string of the molecule is CS(=O)(=O)CCCNS(=O)(=O)c1cccc(C(=O)O)c1. The first-order valence-electron chi connectivity index (χ1n) is 5.62. The number of hydrogen-bond acceptors (Lipinski definition) is 5. The monoisotopic (exact) mass is 321 g/mol. The number of benzene rings is 1. The van der Waals surface area contributed by atoms with Crippen LogP contribution in [0.2, 0.25) is 0 Å². The van der Waals surface area contributed by atoms with Crippen molar-refractivity contribution in [2.24, 2.45) is 0 Å². The Bertz CT molecular complexity index is 693. The van der Waals surface area contributed by atoms with E-state index in [0.717, 1.165) is 12.3 Å². The molecule has 0 spiro atoms. The predicted molar refractivity (Wildman–Crippen MR) is 72.9 cm³/mol. The van der Waals surface area contributed by atoms with Crippen LogP contribution in [0.1, 0.15) is 16.8 Å². The fourth-order valence-corrected chi connectivity index (χ4v) is 3.21. The van der Waals surface area contributed by atoms with E-state index in [4.69, 9.17) is 5.11 Å². The van der Waals surface area contributed by atoms with Crippen molar-refractivity contribution < 1.29 is 26.7 Å². The number of carboxylic acid groups (broad SMARTS) is 1. The molecular formula is C11H15NO6S2. The van der Waals surface area contributed by atoms with Crippen molar-refractivity contribution in [1.29, 1.82) is 0 Å². The molecule has 0 saturated carbocycles. The average Bonchev–Trinajstić information content (AvgIpc) is 2.34. The normalized spacial score (nSPS) is 12.2. The maximum absolute atomic E-state index is 11.9. The van der Waals surface area contributed by atoms with Crippen LogP contribution in [-0.4, -0.2) is 46.5 Å². The first-order valence-corrected chi connectivity index (χ1v) is 9.17. The molecule has 0 amide bonds. The molecule has 0 unspecified atom stereocenters. The minimum absolute atomic E-state index is 0.0350. The summed E-state index contributed by atoms with van der Waals surface area (Å²) in [7, 11) is -6.98. The number of rotatable bonds is 7. The summed E-state index contributed by atoms with van der Waals surface area (Å²) in [4.78, 5) is 10.6. The highest BCUT2D eigenvalue weighted by Gasteiger charge is 2.15. The lowest BCUT2D eigenvalue weighted by atomic mass is 10.2. The van der Waals surface area contributed by atoms with Crippen LogP contribution in [-0.2, 0) is 19.9 Å². The highest BCUT2D eigenvalue weighted by molar-refractivity contribution is 7.90. The lowest BCUT2D eigenvalue weighted by Gasteiger charge is -2.07. The van der Waals surface area contributed by atoms with Gasteiger partial charge in [0.15, 0.2) is 0 Å². The van der Waals surface area contributed by atoms with Gasteiger partial charge in [-0.2, -0.15) is 0 Å². The van der Waals surface area contributed by atoms with E-state index in [9.17, 15) is 21.6 Å². The summed E-state index contributed by atoms with van der Waals surface area (Å²) < 4.78 is 47.8. The van der Waals surface area contributed by atoms with Crippen molar-refractivity contribution >= 4 is 25.8 Å². The first kappa shape index (κ1) is 16.6. The fraction of sp³-hybridized carbons (Fsp3) is 0.364. The van der Waals surface area contributed by atoms with Gasteiger partial charge in [0.2, 0.25) is 10.0 Å². The highest BCUT2D eigenvalue weighted by atomic mass is 32.2. The molecule has 0 radical (unpaired) electrons. The Labute approximate surface area is 117 Å². The Morgan fingerprint density at radius 2 is 1.90 bits per heavy atom. The Kier molecular flexibility index (Phi) is 5.26. The van der Waals surface area contributed by atoms with E-state index in [1.807, 2.05) is 0 Å². The van der Waals surface area contributed by atoms with Gasteiger partial charge in [-0.25, -0.2) is 26.4 Å². The maximum Gasteiger partial charge on any atom is 0.335 e. The smallest absolute Gasteiger partial charge is 0.335 e. The van der Waals surface area contributed by atoms with Crippen molar-refractivity contribution in [1.82, 2.24) is 4.72 Å². The number of nitrogens with one attached hydrogen (secondary N) is 1. The average molecular weight is 321 g/mol. The standard InChI is InChI=1S/C11H15NO6S2/c1-19(15,16)7-3-6-12-20(17,18)10-5-2-4-9(8-10)11(13)14/h2,4-5,8,12H,3,6-7H2,1H3,(H,13,14). The molecule has 0 bridgehead atoms. The van der Waals surface area contributed by atoms with Gasteiger partial charge >= 0.3 is 5.97 Å². The van der Waals surface area contributed by atoms with Crippen molar-refractivity contribution in [2.75, 3.05) is 18.6 Å². The van der Waals surface area contributed by atoms with Crippen LogP contribution in [0, 0.1) is 0 Å². The van der Waals surface area contributed by atoms with Gasteiger partial charge < -0.3 is 5.11 Å². The Morgan fingerprint density at radius 3 is 2.45 bits per heavy atom. The number of aromatic carboxylic acids is 1. The van der Waals surface area contributed by atoms with Crippen molar-refractivity contribution in [3.8, 4) is 0 Å². The Balaban J connectivity index is 2.74. The zero-order valence-electron chi connectivity index (χ0n) is 10.7. The summed E-state index contributed by atoms with van der Waals surface area (Å²) in [6.07, 6.45) is 1.22. The Morgan fingerprint density at radius 1 is 1.25 bits per heavy atom. The molecule has 112 valence electrons. The molecule has 0 fully saturated rings. The molecule has 0 saturated heterocycles. The molecule has 1 rings (SSSR count). The second-order valence-corrected chi connectivity index (χ2v) is 8.24. The fourth-order valence-electron chi connectivity index (χ4n) is 1.42. The van der Waals surface area contributed by atoms with Gasteiger partial charge in [0, 0.05) is 12.8 Å². The van der Waals surface area contributed by atoms with E-state index in [2.05, 4.69) is 4.72 Å². The third-order valence-corrected chi connectivity index (χ3v) is 4.86. The molecular weight excluding hydrogens is 306 g/mol. The van der Waals surface area contributed by atoms with E-state index in [-0.39, 0.29) is 29.2 Å². The number of sulfone groups is 1. The second kappa shape index (κ2) is 6.33. The maximum atomic E-state index is 11.9. The number of sulfonamides is 1. The molecule has 1 aromatic rings. The molecule has 20 heavy (non-hydrogen) atoms. The van der Waals surface area contributed by atoms with Gasteiger partial charge in [0.05, 0.1) is 16.2 Å². The van der Waals surface area contributed by atoms with Crippen molar-refractivity contribution in [3.05, 3.63) is 29.8 Å². The summed E-state index contributed by atoms with van der Waals surface area (Å²) in [5, 5.41) is 8.80. The van der Waals surface area contributed by atoms with E-state index in [1.165, 1.54) is 18.2 Å². The van der Waals surface area contributed by atoms with E-state index >= 15 is 0 Å². The third kappa shape index (κ3) is 5.27. The summed E-state index contributed by atoms with van der Waals surface area (Å²) in [5.41, 5.74) is -0.135. The van der Waals surface area contributed by atoms with Crippen LogP contribution < -0.4 is 4.72 Å². The summed E-state index contributed by atoms with van der Waals surface area (Å²) in [6, 6.07) is 4.92. The van der Waals surface area contributed by atoms with Crippen LogP contribution >= 0.6 is 0 Å². The molecule has 9 heteroatoms. The van der Waals surface area contributed by atoms with Crippen molar-refractivity contribution in [3.63, 3.8) is 0 Å². The van der Waals surface area contributed by atoms with Crippen LogP contribution in [0.25, 0.3) is 0 Å². The van der Waals surface area contributed by atoms with E-state index in [0.29, 0.717) is 0 Å². The van der Waals surface area contributed by atoms with Crippen LogP contribution in [0.5, 0.6) is 0 Å². The predicted octanol–water partition coefficient (Wildman–Crippen LogP) is 0.0978. The summed E-state index contributed by atoms with van der Waals surface area (Å²) in [6.45, 7) is -0.0350. The molecule has 0 heterocycles. The highest BCUT2D eigenvalue weighted by Crippen LogP contribution is 2.11. The van der Waals surface area contributed by atoms with Crippen LogP contribution in [0.3, 0.4) is 0 Å². The van der Waals surface area contributed by atoms with E-state index in [1.54, 1.807) is 0 Å². The molecule has 1 aromatic carbocycles. The van der Waals surface area contributed by atoms with Gasteiger partial charge in [0.25, 0.3) is 0 Å². The number of carbonyl (C=O) groups is 1. The van der Waals surface area contributed by atoms with Gasteiger partial charge in [-0.05, 0) is 24.6 Å². The largest absolute Gasteiger partial charge is 0.478 e. The van der Waals surface area contributed by atoms with Crippen LogP contribution in [0.15, 0.2) is 29.2 Å². The van der Waals surface area contributed by atoms with Gasteiger partial charge in [-0.15, -0.1) is 0 Å². The lowest BCUT2D eigenvalue weighted by Crippen LogP contribution is -2.26. The second-order valence-electron chi connectivity index (χ2n) is 4.21. The Hall–Kier alpha value is -1.45.